The van der Waals surface area contributed by atoms with Crippen LogP contribution in [0.1, 0.15) is 51.5 Å². The minimum Gasteiger partial charge on any atom is -0.455 e. The summed E-state index contributed by atoms with van der Waals surface area (Å²) >= 11 is 0. The molecule has 1 aliphatic heterocycles. The molecule has 144 valence electrons. The maximum Gasteiger partial charge on any atom is 0.311 e. The molecule has 0 aliphatic carbocycles. The van der Waals surface area contributed by atoms with E-state index in [4.69, 9.17) is 9.26 Å². The molecule has 1 aromatic carbocycles. The first-order valence-electron chi connectivity index (χ1n) is 9.24. The maximum atomic E-state index is 12.2. The average Bonchev–Trinajstić information content (AvgIpc) is 3.26. The normalized spacial score (nSPS) is 17.2. The van der Waals surface area contributed by atoms with Gasteiger partial charge in [0.1, 0.15) is 0 Å². The fourth-order valence-electron chi connectivity index (χ4n) is 3.09. The molecule has 3 rings (SSSR count). The zero-order valence-electron chi connectivity index (χ0n) is 16.1. The fraction of sp³-hybridized carbons (Fsp3) is 0.500. The first kappa shape index (κ1) is 19.1. The first-order valence-corrected chi connectivity index (χ1v) is 9.24. The van der Waals surface area contributed by atoms with Crippen molar-refractivity contribution in [2.24, 2.45) is 5.92 Å². The number of ether oxygens (including phenoxy) is 1. The Hall–Kier alpha value is -2.70. The minimum absolute atomic E-state index is 0.0168. The van der Waals surface area contributed by atoms with Gasteiger partial charge in [0.25, 0.3) is 5.89 Å². The van der Waals surface area contributed by atoms with E-state index in [-0.39, 0.29) is 30.9 Å². The summed E-state index contributed by atoms with van der Waals surface area (Å²) in [5.41, 5.74) is 2.08. The van der Waals surface area contributed by atoms with Crippen LogP contribution in [0, 0.1) is 5.92 Å². The SMILES string of the molecule is CC(C)c1ccc(-c2noc(COC(=O)[C@@H]3CC(=O)N(C(C)C)C3)n2)cc1. The van der Waals surface area contributed by atoms with Gasteiger partial charge in [0.15, 0.2) is 6.61 Å². The Labute approximate surface area is 158 Å². The highest BCUT2D eigenvalue weighted by Gasteiger charge is 2.36. The number of amides is 1. The number of likely N-dealkylation sites (tertiary alicyclic amines) is 1. The second kappa shape index (κ2) is 7.90. The van der Waals surface area contributed by atoms with Gasteiger partial charge in [-0.05, 0) is 25.3 Å². The summed E-state index contributed by atoms with van der Waals surface area (Å²) < 4.78 is 10.4. The van der Waals surface area contributed by atoms with Crippen molar-refractivity contribution in [3.63, 3.8) is 0 Å². The molecular formula is C20H25N3O4. The highest BCUT2D eigenvalue weighted by molar-refractivity contribution is 5.86. The number of aromatic nitrogens is 2. The molecule has 2 aromatic rings. The zero-order valence-corrected chi connectivity index (χ0v) is 16.1. The summed E-state index contributed by atoms with van der Waals surface area (Å²) in [6.07, 6.45) is 0.189. The van der Waals surface area contributed by atoms with E-state index in [0.717, 1.165) is 5.56 Å². The van der Waals surface area contributed by atoms with Gasteiger partial charge in [-0.1, -0.05) is 43.3 Å². The van der Waals surface area contributed by atoms with Gasteiger partial charge >= 0.3 is 5.97 Å². The molecule has 0 radical (unpaired) electrons. The molecule has 0 bridgehead atoms. The average molecular weight is 371 g/mol. The van der Waals surface area contributed by atoms with Crippen LogP contribution < -0.4 is 0 Å². The number of carbonyl (C=O) groups excluding carboxylic acids is 2. The van der Waals surface area contributed by atoms with Crippen LogP contribution in [0.25, 0.3) is 11.4 Å². The smallest absolute Gasteiger partial charge is 0.311 e. The molecule has 7 nitrogen and oxygen atoms in total. The fourth-order valence-corrected chi connectivity index (χ4v) is 3.09. The van der Waals surface area contributed by atoms with E-state index in [1.165, 1.54) is 5.56 Å². The number of hydrogen-bond acceptors (Lipinski definition) is 6. The molecule has 0 unspecified atom stereocenters. The van der Waals surface area contributed by atoms with Gasteiger partial charge in [-0.3, -0.25) is 9.59 Å². The van der Waals surface area contributed by atoms with Gasteiger partial charge < -0.3 is 14.2 Å². The molecule has 1 saturated heterocycles. The topological polar surface area (TPSA) is 85.5 Å². The Balaban J connectivity index is 1.57. The summed E-state index contributed by atoms with van der Waals surface area (Å²) in [6.45, 7) is 8.43. The van der Waals surface area contributed by atoms with E-state index in [2.05, 4.69) is 24.0 Å². The summed E-state index contributed by atoms with van der Waals surface area (Å²) in [4.78, 5) is 30.1. The molecule has 7 heteroatoms. The molecule has 1 aromatic heterocycles. The summed E-state index contributed by atoms with van der Waals surface area (Å²) in [6, 6.07) is 8.04. The minimum atomic E-state index is -0.439. The lowest BCUT2D eigenvalue weighted by Gasteiger charge is -2.20. The van der Waals surface area contributed by atoms with Gasteiger partial charge in [-0.2, -0.15) is 4.98 Å². The maximum absolute atomic E-state index is 12.2. The third kappa shape index (κ3) is 4.35. The lowest BCUT2D eigenvalue weighted by molar-refractivity contribution is -0.150. The predicted octanol–water partition coefficient (Wildman–Crippen LogP) is 3.16. The van der Waals surface area contributed by atoms with Crippen molar-refractivity contribution in [2.45, 2.75) is 52.7 Å². The number of rotatable bonds is 6. The molecule has 0 N–H and O–H groups in total. The highest BCUT2D eigenvalue weighted by Crippen LogP contribution is 2.23. The van der Waals surface area contributed by atoms with Crippen LogP contribution >= 0.6 is 0 Å². The Morgan fingerprint density at radius 3 is 2.56 bits per heavy atom. The summed E-state index contributed by atoms with van der Waals surface area (Å²) in [5.74, 6) is 0.276. The Morgan fingerprint density at radius 2 is 1.96 bits per heavy atom. The van der Waals surface area contributed by atoms with Crippen molar-refractivity contribution in [3.05, 3.63) is 35.7 Å². The molecule has 1 fully saturated rings. The number of benzene rings is 1. The molecule has 1 aliphatic rings. The molecular weight excluding hydrogens is 346 g/mol. The monoisotopic (exact) mass is 371 g/mol. The Bertz CT molecular complexity index is 811. The van der Waals surface area contributed by atoms with E-state index >= 15 is 0 Å². The number of nitrogens with zero attached hydrogens (tertiary/aromatic N) is 3. The van der Waals surface area contributed by atoms with E-state index in [1.807, 2.05) is 38.1 Å². The molecule has 27 heavy (non-hydrogen) atoms. The van der Waals surface area contributed by atoms with Crippen LogP contribution in [0.4, 0.5) is 0 Å². The van der Waals surface area contributed by atoms with E-state index in [0.29, 0.717) is 18.3 Å². The van der Waals surface area contributed by atoms with Crippen molar-refractivity contribution in [1.29, 1.82) is 0 Å². The van der Waals surface area contributed by atoms with Crippen LogP contribution in [-0.2, 0) is 20.9 Å². The van der Waals surface area contributed by atoms with Crippen molar-refractivity contribution >= 4 is 11.9 Å². The standard InChI is InChI=1S/C20H25N3O4/c1-12(2)14-5-7-15(8-6-14)19-21-17(27-22-19)11-26-20(25)16-9-18(24)23(10-16)13(3)4/h5-8,12-13,16H,9-11H2,1-4H3/t16-/m1/s1. The van der Waals surface area contributed by atoms with Gasteiger partial charge in [-0.15, -0.1) is 0 Å². The van der Waals surface area contributed by atoms with Crippen LogP contribution in [0.15, 0.2) is 28.8 Å². The summed E-state index contributed by atoms with van der Waals surface area (Å²) in [5, 5.41) is 3.94. The number of esters is 1. The zero-order chi connectivity index (χ0) is 19.6. The van der Waals surface area contributed by atoms with E-state index in [1.54, 1.807) is 4.90 Å². The van der Waals surface area contributed by atoms with Gasteiger partial charge in [-0.25, -0.2) is 0 Å². The Kier molecular flexibility index (Phi) is 5.58. The van der Waals surface area contributed by atoms with E-state index < -0.39 is 11.9 Å². The largest absolute Gasteiger partial charge is 0.455 e. The van der Waals surface area contributed by atoms with Crippen molar-refractivity contribution in [3.8, 4) is 11.4 Å². The third-order valence-electron chi connectivity index (χ3n) is 4.76. The van der Waals surface area contributed by atoms with Crippen molar-refractivity contribution < 1.29 is 18.8 Å². The molecule has 2 heterocycles. The van der Waals surface area contributed by atoms with Crippen LogP contribution in [-0.4, -0.2) is 39.5 Å². The molecule has 1 amide bonds. The number of hydrogen-bond donors (Lipinski definition) is 0. The van der Waals surface area contributed by atoms with Crippen molar-refractivity contribution in [1.82, 2.24) is 15.0 Å². The van der Waals surface area contributed by atoms with Crippen LogP contribution in [0.3, 0.4) is 0 Å². The van der Waals surface area contributed by atoms with Gasteiger partial charge in [0.05, 0.1) is 5.92 Å². The quantitative estimate of drug-likeness (QED) is 0.725. The van der Waals surface area contributed by atoms with Gasteiger partial charge in [0, 0.05) is 24.6 Å². The summed E-state index contributed by atoms with van der Waals surface area (Å²) in [7, 11) is 0. The van der Waals surface area contributed by atoms with E-state index in [9.17, 15) is 9.59 Å². The third-order valence-corrected chi connectivity index (χ3v) is 4.76. The van der Waals surface area contributed by atoms with Crippen molar-refractivity contribution in [2.75, 3.05) is 6.54 Å². The first-order chi connectivity index (χ1) is 12.8. The Morgan fingerprint density at radius 1 is 1.26 bits per heavy atom. The second-order valence-electron chi connectivity index (χ2n) is 7.44. The lowest BCUT2D eigenvalue weighted by Crippen LogP contribution is -2.33. The molecule has 0 spiro atoms. The second-order valence-corrected chi connectivity index (χ2v) is 7.44. The highest BCUT2D eigenvalue weighted by atomic mass is 16.6. The molecule has 1 atom stereocenters. The predicted molar refractivity (Wildman–Crippen MR) is 98.6 cm³/mol. The lowest BCUT2D eigenvalue weighted by atomic mass is 10.0. The number of carbonyl (C=O) groups is 2. The van der Waals surface area contributed by atoms with Crippen LogP contribution in [0.5, 0.6) is 0 Å². The molecule has 0 saturated carbocycles. The van der Waals surface area contributed by atoms with Crippen LogP contribution in [0.2, 0.25) is 0 Å². The van der Waals surface area contributed by atoms with Gasteiger partial charge in [0.2, 0.25) is 11.7 Å².